The van der Waals surface area contributed by atoms with Crippen molar-refractivity contribution in [3.05, 3.63) is 59.1 Å². The molecule has 2 aromatic carbocycles. The van der Waals surface area contributed by atoms with Gasteiger partial charge < -0.3 is 10.1 Å². The third-order valence-electron chi connectivity index (χ3n) is 2.70. The van der Waals surface area contributed by atoms with Crippen molar-refractivity contribution >= 4 is 23.2 Å². The van der Waals surface area contributed by atoms with Crippen LogP contribution in [0.2, 0.25) is 5.02 Å². The Labute approximate surface area is 129 Å². The summed E-state index contributed by atoms with van der Waals surface area (Å²) < 4.78 is 42.3. The molecule has 2 aromatic rings. The maximum atomic E-state index is 12.4. The third-order valence-corrected chi connectivity index (χ3v) is 3.03. The van der Waals surface area contributed by atoms with Gasteiger partial charge in [-0.3, -0.25) is 4.79 Å². The van der Waals surface area contributed by atoms with Crippen LogP contribution < -0.4 is 10.1 Å². The molecule has 0 unspecified atom stereocenters. The fourth-order valence-electron chi connectivity index (χ4n) is 1.64. The van der Waals surface area contributed by atoms with Gasteiger partial charge >= 0.3 is 6.18 Å². The molecule has 1 amide bonds. The third kappa shape index (κ3) is 4.39. The number of ether oxygens (including phenoxy) is 1. The molecule has 7 heteroatoms. The summed E-state index contributed by atoms with van der Waals surface area (Å²) in [7, 11) is 0. The lowest BCUT2D eigenvalue weighted by Crippen LogP contribution is -2.20. The molecule has 0 atom stereocenters. The zero-order valence-corrected chi connectivity index (χ0v) is 11.9. The fraction of sp³-hybridized carbons (Fsp3) is 0.133. The molecule has 0 saturated carbocycles. The summed E-state index contributed by atoms with van der Waals surface area (Å²) in [5.41, 5.74) is -0.342. The van der Waals surface area contributed by atoms with Gasteiger partial charge in [0.15, 0.2) is 6.61 Å². The van der Waals surface area contributed by atoms with E-state index in [1.807, 2.05) is 0 Å². The molecule has 0 aliphatic rings. The van der Waals surface area contributed by atoms with Gasteiger partial charge in [-0.25, -0.2) is 0 Å². The molecule has 0 saturated heterocycles. The van der Waals surface area contributed by atoms with Gasteiger partial charge in [0.05, 0.1) is 16.3 Å². The molecule has 0 spiro atoms. The molecule has 3 nitrogen and oxygen atoms in total. The van der Waals surface area contributed by atoms with Crippen molar-refractivity contribution in [3.8, 4) is 5.75 Å². The van der Waals surface area contributed by atoms with E-state index >= 15 is 0 Å². The Bertz CT molecular complexity index is 657. The average Bonchev–Trinajstić information content (AvgIpc) is 2.47. The van der Waals surface area contributed by atoms with Gasteiger partial charge in [-0.1, -0.05) is 23.7 Å². The largest absolute Gasteiger partial charge is 0.484 e. The Balaban J connectivity index is 1.90. The number of halogens is 4. The second-order valence-corrected chi connectivity index (χ2v) is 4.75. The van der Waals surface area contributed by atoms with E-state index in [9.17, 15) is 18.0 Å². The van der Waals surface area contributed by atoms with E-state index < -0.39 is 17.6 Å². The van der Waals surface area contributed by atoms with Crippen molar-refractivity contribution in [3.63, 3.8) is 0 Å². The number of alkyl halides is 3. The predicted molar refractivity (Wildman–Crippen MR) is 77.0 cm³/mol. The number of rotatable bonds is 4. The molecule has 116 valence electrons. The van der Waals surface area contributed by atoms with E-state index in [0.29, 0.717) is 10.7 Å². The van der Waals surface area contributed by atoms with E-state index in [-0.39, 0.29) is 12.4 Å². The molecule has 0 fully saturated rings. The summed E-state index contributed by atoms with van der Waals surface area (Å²) in [6.07, 6.45) is -4.40. The topological polar surface area (TPSA) is 38.3 Å². The molecular formula is C15H11ClF3NO2. The monoisotopic (exact) mass is 329 g/mol. The Kier molecular flexibility index (Phi) is 4.92. The number of benzene rings is 2. The van der Waals surface area contributed by atoms with Gasteiger partial charge in [-0.05, 0) is 36.4 Å². The number of nitrogens with one attached hydrogen (secondary N) is 1. The highest BCUT2D eigenvalue weighted by Gasteiger charge is 2.30. The first kappa shape index (κ1) is 16.2. The van der Waals surface area contributed by atoms with Crippen molar-refractivity contribution in [2.75, 3.05) is 11.9 Å². The Morgan fingerprint density at radius 1 is 1.09 bits per heavy atom. The lowest BCUT2D eigenvalue weighted by molar-refractivity contribution is -0.137. The number of hydrogen-bond donors (Lipinski definition) is 1. The van der Waals surface area contributed by atoms with Crippen molar-refractivity contribution in [2.24, 2.45) is 0 Å². The fourth-order valence-corrected chi connectivity index (χ4v) is 1.82. The molecule has 0 heterocycles. The van der Waals surface area contributed by atoms with Crippen LogP contribution >= 0.6 is 11.6 Å². The highest BCUT2D eigenvalue weighted by molar-refractivity contribution is 6.33. The molecule has 0 bridgehead atoms. The number of amides is 1. The summed E-state index contributed by atoms with van der Waals surface area (Å²) in [5, 5.41) is 2.92. The minimum atomic E-state index is -4.40. The molecule has 0 aromatic heterocycles. The molecule has 1 N–H and O–H groups in total. The molecule has 22 heavy (non-hydrogen) atoms. The van der Waals surface area contributed by atoms with Crippen molar-refractivity contribution in [1.29, 1.82) is 0 Å². The Hall–Kier alpha value is -2.21. The predicted octanol–water partition coefficient (Wildman–Crippen LogP) is 4.38. The standard InChI is InChI=1S/C15H11ClF3NO2/c16-12-3-1-2-4-13(12)20-14(21)9-22-11-7-5-10(6-8-11)15(17,18)19/h1-8H,9H2,(H,20,21). The summed E-state index contributed by atoms with van der Waals surface area (Å²) in [4.78, 5) is 11.7. The normalized spacial score (nSPS) is 11.1. The van der Waals surface area contributed by atoms with Crippen molar-refractivity contribution < 1.29 is 22.7 Å². The maximum absolute atomic E-state index is 12.4. The van der Waals surface area contributed by atoms with Crippen LogP contribution in [0.4, 0.5) is 18.9 Å². The second kappa shape index (κ2) is 6.70. The van der Waals surface area contributed by atoms with Gasteiger partial charge in [0, 0.05) is 0 Å². The second-order valence-electron chi connectivity index (χ2n) is 4.34. The van der Waals surface area contributed by atoms with E-state index in [1.54, 1.807) is 24.3 Å². The van der Waals surface area contributed by atoms with E-state index in [0.717, 1.165) is 24.3 Å². The average molecular weight is 330 g/mol. The zero-order valence-electron chi connectivity index (χ0n) is 11.2. The van der Waals surface area contributed by atoms with Crippen LogP contribution in [0.3, 0.4) is 0 Å². The Morgan fingerprint density at radius 2 is 1.73 bits per heavy atom. The highest BCUT2D eigenvalue weighted by atomic mass is 35.5. The number of carbonyl (C=O) groups is 1. The minimum Gasteiger partial charge on any atom is -0.484 e. The van der Waals surface area contributed by atoms with Crippen molar-refractivity contribution in [1.82, 2.24) is 0 Å². The van der Waals surface area contributed by atoms with Gasteiger partial charge in [0.25, 0.3) is 5.91 Å². The van der Waals surface area contributed by atoms with E-state index in [1.165, 1.54) is 0 Å². The molecule has 0 radical (unpaired) electrons. The maximum Gasteiger partial charge on any atom is 0.416 e. The summed E-state index contributed by atoms with van der Waals surface area (Å²) in [6.45, 7) is -0.337. The first-order valence-electron chi connectivity index (χ1n) is 6.21. The smallest absolute Gasteiger partial charge is 0.416 e. The Morgan fingerprint density at radius 3 is 2.32 bits per heavy atom. The minimum absolute atomic E-state index is 0.169. The molecule has 2 rings (SSSR count). The van der Waals surface area contributed by atoms with Crippen molar-refractivity contribution in [2.45, 2.75) is 6.18 Å². The first-order chi connectivity index (χ1) is 10.4. The molecular weight excluding hydrogens is 319 g/mol. The van der Waals surface area contributed by atoms with Crippen LogP contribution in [0, 0.1) is 0 Å². The zero-order chi connectivity index (χ0) is 16.2. The highest BCUT2D eigenvalue weighted by Crippen LogP contribution is 2.30. The number of carbonyl (C=O) groups excluding carboxylic acids is 1. The number of anilines is 1. The van der Waals surface area contributed by atoms with Crippen LogP contribution in [-0.4, -0.2) is 12.5 Å². The van der Waals surface area contributed by atoms with Crippen LogP contribution in [-0.2, 0) is 11.0 Å². The van der Waals surface area contributed by atoms with Crippen LogP contribution in [0.5, 0.6) is 5.75 Å². The summed E-state index contributed by atoms with van der Waals surface area (Å²) in [5.74, 6) is -0.296. The first-order valence-corrected chi connectivity index (χ1v) is 6.58. The molecule has 0 aliphatic heterocycles. The number of para-hydroxylation sites is 1. The lowest BCUT2D eigenvalue weighted by atomic mass is 10.2. The number of hydrogen-bond acceptors (Lipinski definition) is 2. The van der Waals surface area contributed by atoms with Gasteiger partial charge in [0.2, 0.25) is 0 Å². The summed E-state index contributed by atoms with van der Waals surface area (Å²) in [6, 6.07) is 10.8. The van der Waals surface area contributed by atoms with E-state index in [2.05, 4.69) is 5.32 Å². The van der Waals surface area contributed by atoms with Crippen LogP contribution in [0.1, 0.15) is 5.56 Å². The molecule has 0 aliphatic carbocycles. The van der Waals surface area contributed by atoms with Gasteiger partial charge in [0.1, 0.15) is 5.75 Å². The van der Waals surface area contributed by atoms with Gasteiger partial charge in [-0.2, -0.15) is 13.2 Å². The van der Waals surface area contributed by atoms with Gasteiger partial charge in [-0.15, -0.1) is 0 Å². The quantitative estimate of drug-likeness (QED) is 0.904. The van der Waals surface area contributed by atoms with E-state index in [4.69, 9.17) is 16.3 Å². The lowest BCUT2D eigenvalue weighted by Gasteiger charge is -2.10. The van der Waals surface area contributed by atoms with Crippen LogP contribution in [0.15, 0.2) is 48.5 Å². The summed E-state index contributed by atoms with van der Waals surface area (Å²) >= 11 is 5.88. The van der Waals surface area contributed by atoms with Crippen LogP contribution in [0.25, 0.3) is 0 Å². The SMILES string of the molecule is O=C(COc1ccc(C(F)(F)F)cc1)Nc1ccccc1Cl.